The van der Waals surface area contributed by atoms with Crippen LogP contribution in [-0.2, 0) is 19.3 Å². The van der Waals surface area contributed by atoms with Crippen molar-refractivity contribution in [3.05, 3.63) is 41.0 Å². The zero-order valence-electron chi connectivity index (χ0n) is 12.8. The van der Waals surface area contributed by atoms with Crippen LogP contribution >= 0.6 is 0 Å². The first-order chi connectivity index (χ1) is 10.0. The molecule has 0 aliphatic rings. The average molecular weight is 286 g/mol. The summed E-state index contributed by atoms with van der Waals surface area (Å²) in [6.45, 7) is 6.13. The van der Waals surface area contributed by atoms with Crippen LogP contribution in [0.4, 0.5) is 0 Å². The molecule has 3 heteroatoms. The molecule has 0 radical (unpaired) electrons. The van der Waals surface area contributed by atoms with Crippen molar-refractivity contribution in [2.75, 3.05) is 0 Å². The molecule has 0 bridgehead atoms. The molecule has 0 amide bonds. The molecule has 0 atom stereocenters. The van der Waals surface area contributed by atoms with E-state index in [0.717, 1.165) is 40.7 Å². The van der Waals surface area contributed by atoms with Crippen LogP contribution in [0.1, 0.15) is 37.5 Å². The molecule has 3 N–H and O–H groups in total. The van der Waals surface area contributed by atoms with E-state index in [1.807, 2.05) is 13.0 Å². The number of benzene rings is 2. The van der Waals surface area contributed by atoms with Crippen molar-refractivity contribution in [3.63, 3.8) is 0 Å². The smallest absolute Gasteiger partial charge is 0.119 e. The van der Waals surface area contributed by atoms with Gasteiger partial charge in [0.25, 0.3) is 0 Å². The Bertz CT molecular complexity index is 640. The van der Waals surface area contributed by atoms with Crippen molar-refractivity contribution < 1.29 is 15.3 Å². The first-order valence-electron chi connectivity index (χ1n) is 7.41. The van der Waals surface area contributed by atoms with Gasteiger partial charge < -0.3 is 15.3 Å². The van der Waals surface area contributed by atoms with Crippen LogP contribution in [0.25, 0.3) is 11.1 Å². The van der Waals surface area contributed by atoms with Gasteiger partial charge in [-0.2, -0.15) is 0 Å². The van der Waals surface area contributed by atoms with Crippen LogP contribution < -0.4 is 0 Å². The predicted molar refractivity (Wildman–Crippen MR) is 85.0 cm³/mol. The Morgan fingerprint density at radius 1 is 0.714 bits per heavy atom. The Labute approximate surface area is 125 Å². The third-order valence-corrected chi connectivity index (χ3v) is 3.89. The molecule has 21 heavy (non-hydrogen) atoms. The average Bonchev–Trinajstić information content (AvgIpc) is 2.44. The lowest BCUT2D eigenvalue weighted by Gasteiger charge is -2.19. The fraction of sp³-hybridized carbons (Fsp3) is 0.333. The molecule has 3 nitrogen and oxygen atoms in total. The van der Waals surface area contributed by atoms with Gasteiger partial charge in [-0.05, 0) is 59.7 Å². The van der Waals surface area contributed by atoms with E-state index in [1.165, 1.54) is 6.07 Å². The summed E-state index contributed by atoms with van der Waals surface area (Å²) in [6.07, 6.45) is 2.36. The number of phenolic OH excluding ortho intramolecular Hbond substituents is 3. The highest BCUT2D eigenvalue weighted by Gasteiger charge is 2.17. The fourth-order valence-electron chi connectivity index (χ4n) is 2.98. The second-order valence-electron chi connectivity index (χ2n) is 5.19. The van der Waals surface area contributed by atoms with E-state index in [4.69, 9.17) is 0 Å². The summed E-state index contributed by atoms with van der Waals surface area (Å²) in [5, 5.41) is 29.8. The topological polar surface area (TPSA) is 60.7 Å². The molecule has 2 aromatic rings. The van der Waals surface area contributed by atoms with Gasteiger partial charge in [0.2, 0.25) is 0 Å². The molecular formula is C18H22O3. The van der Waals surface area contributed by atoms with Crippen LogP contribution in [0.2, 0.25) is 0 Å². The number of rotatable bonds is 4. The largest absolute Gasteiger partial charge is 0.508 e. The Kier molecular flexibility index (Phi) is 4.41. The molecule has 112 valence electrons. The minimum atomic E-state index is 0.0236. The summed E-state index contributed by atoms with van der Waals surface area (Å²) in [5.74, 6) is 0.329. The molecule has 0 fully saturated rings. The van der Waals surface area contributed by atoms with E-state index >= 15 is 0 Å². The molecule has 0 unspecified atom stereocenters. The van der Waals surface area contributed by atoms with E-state index in [-0.39, 0.29) is 17.2 Å². The van der Waals surface area contributed by atoms with E-state index in [9.17, 15) is 15.3 Å². The lowest BCUT2D eigenvalue weighted by atomic mass is 9.87. The van der Waals surface area contributed by atoms with E-state index < -0.39 is 0 Å². The third kappa shape index (κ3) is 2.82. The monoisotopic (exact) mass is 286 g/mol. The molecule has 2 rings (SSSR count). The number of hydrogen-bond donors (Lipinski definition) is 3. The molecule has 0 aliphatic heterocycles. The van der Waals surface area contributed by atoms with E-state index in [1.54, 1.807) is 12.1 Å². The lowest BCUT2D eigenvalue weighted by Crippen LogP contribution is -2.00. The van der Waals surface area contributed by atoms with Gasteiger partial charge >= 0.3 is 0 Å². The predicted octanol–water partition coefficient (Wildman–Crippen LogP) is 4.16. The van der Waals surface area contributed by atoms with Crippen LogP contribution in [0.15, 0.2) is 24.3 Å². The van der Waals surface area contributed by atoms with Crippen LogP contribution in [0, 0.1) is 0 Å². The second-order valence-corrected chi connectivity index (χ2v) is 5.19. The van der Waals surface area contributed by atoms with Crippen LogP contribution in [-0.4, -0.2) is 15.3 Å². The van der Waals surface area contributed by atoms with Gasteiger partial charge in [-0.15, -0.1) is 0 Å². The van der Waals surface area contributed by atoms with Crippen LogP contribution in [0.5, 0.6) is 17.2 Å². The summed E-state index contributed by atoms with van der Waals surface area (Å²) >= 11 is 0. The number of aromatic hydroxyl groups is 3. The molecular weight excluding hydrogens is 264 g/mol. The lowest BCUT2D eigenvalue weighted by molar-refractivity contribution is 0.450. The second kappa shape index (κ2) is 6.08. The first kappa shape index (κ1) is 15.2. The van der Waals surface area contributed by atoms with Crippen molar-refractivity contribution in [2.45, 2.75) is 40.0 Å². The van der Waals surface area contributed by atoms with Crippen molar-refractivity contribution in [1.82, 2.24) is 0 Å². The highest BCUT2D eigenvalue weighted by atomic mass is 16.3. The summed E-state index contributed by atoms with van der Waals surface area (Å²) in [6, 6.07) is 6.41. The molecule has 0 spiro atoms. The summed E-state index contributed by atoms with van der Waals surface area (Å²) in [5.41, 5.74) is 4.80. The number of aryl methyl sites for hydroxylation is 1. The molecule has 0 saturated carbocycles. The zero-order chi connectivity index (χ0) is 15.6. The number of phenols is 3. The zero-order valence-corrected chi connectivity index (χ0v) is 12.8. The Balaban J connectivity index is 2.84. The summed E-state index contributed by atoms with van der Waals surface area (Å²) < 4.78 is 0. The first-order valence-corrected chi connectivity index (χ1v) is 7.41. The fourth-order valence-corrected chi connectivity index (χ4v) is 2.98. The number of hydrogen-bond acceptors (Lipinski definition) is 3. The van der Waals surface area contributed by atoms with Gasteiger partial charge in [0.1, 0.15) is 17.2 Å². The minimum Gasteiger partial charge on any atom is -0.508 e. The van der Waals surface area contributed by atoms with Gasteiger partial charge in [-0.3, -0.25) is 0 Å². The standard InChI is InChI=1S/C18H22O3/c1-4-11-9-17(21)16(6-3)18(15(11)5-2)12-7-13(19)10-14(20)8-12/h7-10,19-21H,4-6H2,1-3H3. The van der Waals surface area contributed by atoms with Crippen molar-refractivity contribution in [2.24, 2.45) is 0 Å². The maximum absolute atomic E-state index is 10.3. The van der Waals surface area contributed by atoms with Crippen LogP contribution in [0.3, 0.4) is 0 Å². The van der Waals surface area contributed by atoms with Gasteiger partial charge in [0, 0.05) is 11.6 Å². The Hall–Kier alpha value is -2.16. The highest BCUT2D eigenvalue weighted by Crippen LogP contribution is 2.39. The maximum Gasteiger partial charge on any atom is 0.119 e. The molecule has 2 aromatic carbocycles. The quantitative estimate of drug-likeness (QED) is 0.791. The van der Waals surface area contributed by atoms with Crippen molar-refractivity contribution >= 4 is 0 Å². The van der Waals surface area contributed by atoms with E-state index in [0.29, 0.717) is 6.42 Å². The van der Waals surface area contributed by atoms with Crippen molar-refractivity contribution in [3.8, 4) is 28.4 Å². The summed E-state index contributed by atoms with van der Waals surface area (Å²) in [7, 11) is 0. The summed E-state index contributed by atoms with van der Waals surface area (Å²) in [4.78, 5) is 0. The molecule has 0 aliphatic carbocycles. The maximum atomic E-state index is 10.3. The Morgan fingerprint density at radius 2 is 1.29 bits per heavy atom. The molecule has 0 heterocycles. The minimum absolute atomic E-state index is 0.0236. The van der Waals surface area contributed by atoms with Crippen molar-refractivity contribution in [1.29, 1.82) is 0 Å². The van der Waals surface area contributed by atoms with Gasteiger partial charge in [-0.1, -0.05) is 20.8 Å². The van der Waals surface area contributed by atoms with E-state index in [2.05, 4.69) is 13.8 Å². The molecule has 0 aromatic heterocycles. The Morgan fingerprint density at radius 3 is 1.76 bits per heavy atom. The highest BCUT2D eigenvalue weighted by molar-refractivity contribution is 5.77. The third-order valence-electron chi connectivity index (χ3n) is 3.89. The van der Waals surface area contributed by atoms with Gasteiger partial charge in [0.15, 0.2) is 0 Å². The van der Waals surface area contributed by atoms with Gasteiger partial charge in [-0.25, -0.2) is 0 Å². The van der Waals surface area contributed by atoms with Gasteiger partial charge in [0.05, 0.1) is 0 Å². The normalized spacial score (nSPS) is 10.8. The molecule has 0 saturated heterocycles. The SMILES string of the molecule is CCc1cc(O)c(CC)c(-c2cc(O)cc(O)c2)c1CC.